The van der Waals surface area contributed by atoms with E-state index in [4.69, 9.17) is 5.73 Å². The topological polar surface area (TPSA) is 84.7 Å². The molecule has 3 atom stereocenters. The van der Waals surface area contributed by atoms with Crippen LogP contribution in [0.25, 0.3) is 0 Å². The van der Waals surface area contributed by atoms with Crippen LogP contribution in [0.1, 0.15) is 33.1 Å². The number of carbonyl (C=O) groups is 2. The molecule has 108 valence electrons. The van der Waals surface area contributed by atoms with Crippen molar-refractivity contribution in [1.29, 1.82) is 0 Å². The molecule has 0 spiro atoms. The van der Waals surface area contributed by atoms with E-state index in [1.807, 2.05) is 18.7 Å². The van der Waals surface area contributed by atoms with Crippen LogP contribution in [-0.2, 0) is 9.53 Å². The summed E-state index contributed by atoms with van der Waals surface area (Å²) in [5, 5.41) is 2.50. The van der Waals surface area contributed by atoms with Crippen LogP contribution >= 0.6 is 0 Å². The highest BCUT2D eigenvalue weighted by molar-refractivity contribution is 5.90. The van der Waals surface area contributed by atoms with Crippen molar-refractivity contribution >= 4 is 12.0 Å². The number of hydrogen-bond donors (Lipinski definition) is 2. The van der Waals surface area contributed by atoms with Gasteiger partial charge < -0.3 is 15.4 Å². The molecule has 1 aliphatic carbocycles. The second kappa shape index (κ2) is 5.00. The molecule has 2 amide bonds. The van der Waals surface area contributed by atoms with Crippen LogP contribution in [-0.4, -0.2) is 42.3 Å². The van der Waals surface area contributed by atoms with Crippen LogP contribution in [0.15, 0.2) is 0 Å². The molecule has 6 nitrogen and oxygen atoms in total. The molecular formula is C13H23N3O3. The lowest BCUT2D eigenvalue weighted by molar-refractivity contribution is -0.141. The first-order valence-corrected chi connectivity index (χ1v) is 6.84. The maximum Gasteiger partial charge on any atom is 0.408 e. The van der Waals surface area contributed by atoms with E-state index in [1.165, 1.54) is 13.5 Å². The molecule has 2 bridgehead atoms. The first kappa shape index (κ1) is 14.1. The third kappa shape index (κ3) is 2.41. The normalized spacial score (nSPS) is 28.4. The Labute approximate surface area is 113 Å². The number of nitrogens with one attached hydrogen (secondary N) is 1. The molecule has 19 heavy (non-hydrogen) atoms. The average Bonchev–Trinajstić information content (AvgIpc) is 2.99. The Kier molecular flexibility index (Phi) is 3.71. The first-order valence-electron chi connectivity index (χ1n) is 6.84. The molecule has 0 aromatic rings. The van der Waals surface area contributed by atoms with Gasteiger partial charge in [0.05, 0.1) is 7.11 Å². The van der Waals surface area contributed by atoms with E-state index < -0.39 is 11.8 Å². The van der Waals surface area contributed by atoms with Crippen molar-refractivity contribution in [3.05, 3.63) is 0 Å². The Hall–Kier alpha value is -1.30. The Morgan fingerprint density at radius 3 is 2.53 bits per heavy atom. The van der Waals surface area contributed by atoms with Crippen LogP contribution in [0.4, 0.5) is 4.79 Å². The zero-order chi connectivity index (χ0) is 14.2. The number of hydrogen-bond acceptors (Lipinski definition) is 4. The molecule has 3 N–H and O–H groups in total. The van der Waals surface area contributed by atoms with E-state index in [0.717, 1.165) is 19.4 Å². The predicted molar refractivity (Wildman–Crippen MR) is 70.1 cm³/mol. The second-order valence-electron chi connectivity index (χ2n) is 5.93. The van der Waals surface area contributed by atoms with Crippen molar-refractivity contribution < 1.29 is 14.3 Å². The van der Waals surface area contributed by atoms with Crippen LogP contribution in [0.2, 0.25) is 0 Å². The van der Waals surface area contributed by atoms with Crippen molar-refractivity contribution in [2.75, 3.05) is 13.7 Å². The summed E-state index contributed by atoms with van der Waals surface area (Å²) < 4.78 is 4.57. The number of nitrogens with zero attached hydrogens (tertiary/aromatic N) is 1. The molecule has 0 radical (unpaired) electrons. The minimum absolute atomic E-state index is 0.194. The predicted octanol–water partition coefficient (Wildman–Crippen LogP) is 0.664. The highest BCUT2D eigenvalue weighted by atomic mass is 16.5. The largest absolute Gasteiger partial charge is 0.453 e. The molecule has 1 saturated heterocycles. The SMILES string of the molecule is COC(=O)N[C@](N)(C(=O)N1CC2CCC1C2)C(C)C. The molecule has 2 rings (SSSR count). The van der Waals surface area contributed by atoms with Gasteiger partial charge in [-0.2, -0.15) is 0 Å². The van der Waals surface area contributed by atoms with Crippen LogP contribution < -0.4 is 11.1 Å². The summed E-state index contributed by atoms with van der Waals surface area (Å²) >= 11 is 0. The van der Waals surface area contributed by atoms with Gasteiger partial charge >= 0.3 is 6.09 Å². The summed E-state index contributed by atoms with van der Waals surface area (Å²) in [5.74, 6) is 0.196. The number of nitrogens with two attached hydrogens (primary N) is 1. The van der Waals surface area contributed by atoms with E-state index in [0.29, 0.717) is 12.0 Å². The lowest BCUT2D eigenvalue weighted by Gasteiger charge is -2.38. The van der Waals surface area contributed by atoms with Crippen molar-refractivity contribution in [1.82, 2.24) is 10.2 Å². The van der Waals surface area contributed by atoms with Gasteiger partial charge in [-0.15, -0.1) is 0 Å². The number of ether oxygens (including phenoxy) is 1. The summed E-state index contributed by atoms with van der Waals surface area (Å²) in [4.78, 5) is 25.9. The van der Waals surface area contributed by atoms with Gasteiger partial charge in [0.2, 0.25) is 0 Å². The zero-order valence-corrected chi connectivity index (χ0v) is 11.8. The standard InChI is InChI=1S/C13H23N3O3/c1-8(2)13(14,15-12(18)19-3)11(17)16-7-9-4-5-10(16)6-9/h8-10H,4-7,14H2,1-3H3,(H,15,18)/t9?,10?,13-/m0/s1. The zero-order valence-electron chi connectivity index (χ0n) is 11.8. The number of carbonyl (C=O) groups excluding carboxylic acids is 2. The molecule has 1 heterocycles. The lowest BCUT2D eigenvalue weighted by Crippen LogP contribution is -2.69. The van der Waals surface area contributed by atoms with Gasteiger partial charge in [0.1, 0.15) is 0 Å². The Morgan fingerprint density at radius 1 is 1.42 bits per heavy atom. The molecule has 6 heteroatoms. The summed E-state index contributed by atoms with van der Waals surface area (Å²) in [6.45, 7) is 4.41. The molecule has 1 aliphatic heterocycles. The van der Waals surface area contributed by atoms with Gasteiger partial charge in [-0.25, -0.2) is 4.79 Å². The minimum atomic E-state index is -1.39. The van der Waals surface area contributed by atoms with E-state index in [2.05, 4.69) is 10.1 Å². The number of likely N-dealkylation sites (tertiary alicyclic amines) is 1. The maximum absolute atomic E-state index is 12.7. The van der Waals surface area contributed by atoms with Crippen LogP contribution in [0.3, 0.4) is 0 Å². The number of alkyl carbamates (subject to hydrolysis) is 1. The van der Waals surface area contributed by atoms with E-state index in [1.54, 1.807) is 0 Å². The molecule has 0 aromatic heterocycles. The highest BCUT2D eigenvalue weighted by Crippen LogP contribution is 2.38. The van der Waals surface area contributed by atoms with Gasteiger partial charge in [0, 0.05) is 12.6 Å². The fourth-order valence-electron chi connectivity index (χ4n) is 3.08. The van der Waals surface area contributed by atoms with Crippen molar-refractivity contribution in [3.63, 3.8) is 0 Å². The summed E-state index contributed by atoms with van der Waals surface area (Å²) in [5.41, 5.74) is 4.78. The molecule has 2 aliphatic rings. The summed E-state index contributed by atoms with van der Waals surface area (Å²) in [6.07, 6.45) is 2.63. The second-order valence-corrected chi connectivity index (χ2v) is 5.93. The fourth-order valence-corrected chi connectivity index (χ4v) is 3.08. The van der Waals surface area contributed by atoms with Crippen molar-refractivity contribution in [3.8, 4) is 0 Å². The van der Waals surface area contributed by atoms with E-state index in [9.17, 15) is 9.59 Å². The third-order valence-electron chi connectivity index (χ3n) is 4.43. The van der Waals surface area contributed by atoms with E-state index in [-0.39, 0.29) is 11.8 Å². The maximum atomic E-state index is 12.7. The first-order chi connectivity index (χ1) is 8.88. The minimum Gasteiger partial charge on any atom is -0.453 e. The third-order valence-corrected chi connectivity index (χ3v) is 4.43. The van der Waals surface area contributed by atoms with Gasteiger partial charge in [-0.3, -0.25) is 10.1 Å². The van der Waals surface area contributed by atoms with Gasteiger partial charge in [0.15, 0.2) is 5.66 Å². The van der Waals surface area contributed by atoms with Gasteiger partial charge in [-0.05, 0) is 31.1 Å². The smallest absolute Gasteiger partial charge is 0.408 e. The van der Waals surface area contributed by atoms with Gasteiger partial charge in [-0.1, -0.05) is 13.8 Å². The Balaban J connectivity index is 2.14. The van der Waals surface area contributed by atoms with Crippen molar-refractivity contribution in [2.45, 2.75) is 44.8 Å². The average molecular weight is 269 g/mol. The van der Waals surface area contributed by atoms with Crippen molar-refractivity contribution in [2.24, 2.45) is 17.6 Å². The number of amides is 2. The van der Waals surface area contributed by atoms with Gasteiger partial charge in [0.25, 0.3) is 5.91 Å². The highest BCUT2D eigenvalue weighted by Gasteiger charge is 2.48. The van der Waals surface area contributed by atoms with Crippen LogP contribution in [0.5, 0.6) is 0 Å². The summed E-state index contributed by atoms with van der Waals surface area (Å²) in [7, 11) is 1.26. The number of methoxy groups -OCH3 is 1. The lowest BCUT2D eigenvalue weighted by atomic mass is 9.94. The van der Waals surface area contributed by atoms with E-state index >= 15 is 0 Å². The monoisotopic (exact) mass is 269 g/mol. The molecule has 2 fully saturated rings. The number of rotatable bonds is 3. The number of piperidine rings is 1. The Morgan fingerprint density at radius 2 is 2.11 bits per heavy atom. The quantitative estimate of drug-likeness (QED) is 0.737. The fraction of sp³-hybridized carbons (Fsp3) is 0.846. The number of fused-ring (bicyclic) bond motifs is 2. The molecule has 0 aromatic carbocycles. The molecule has 2 unspecified atom stereocenters. The molecule has 1 saturated carbocycles. The van der Waals surface area contributed by atoms with Crippen LogP contribution in [0, 0.1) is 11.8 Å². The summed E-state index contributed by atoms with van der Waals surface area (Å²) in [6, 6.07) is 0.290. The molecular weight excluding hydrogens is 246 g/mol. The Bertz CT molecular complexity index is 385.